The molecule has 1 aromatic carbocycles. The Morgan fingerprint density at radius 1 is 1.17 bits per heavy atom. The average molecular weight is 305 g/mol. The van der Waals surface area contributed by atoms with Crippen molar-refractivity contribution in [2.45, 2.75) is 19.4 Å². The van der Waals surface area contributed by atoms with E-state index < -0.39 is 0 Å². The average Bonchev–Trinajstić information content (AvgIpc) is 2.68. The van der Waals surface area contributed by atoms with Crippen LogP contribution in [0.1, 0.15) is 22.0 Å². The van der Waals surface area contributed by atoms with Crippen LogP contribution in [0.4, 0.5) is 5.69 Å². The maximum Gasteiger partial charge on any atom is 0.0434 e. The fraction of sp³-hybridized carbons (Fsp3) is 0.231. The highest BCUT2D eigenvalue weighted by Gasteiger charge is 2.12. The Labute approximate surface area is 124 Å². The molecular formula is C13H18Cl2N2S. The molecule has 2 nitrogen and oxygen atoms in total. The quantitative estimate of drug-likeness (QED) is 0.849. The lowest BCUT2D eigenvalue weighted by Gasteiger charge is -2.12. The third kappa shape index (κ3) is 3.89. The van der Waals surface area contributed by atoms with Gasteiger partial charge >= 0.3 is 0 Å². The molecule has 4 N–H and O–H groups in total. The summed E-state index contributed by atoms with van der Waals surface area (Å²) in [6.45, 7) is 2.10. The van der Waals surface area contributed by atoms with Crippen molar-refractivity contribution in [2.75, 3.05) is 5.73 Å². The fourth-order valence-corrected chi connectivity index (χ4v) is 2.74. The van der Waals surface area contributed by atoms with Gasteiger partial charge in [-0.25, -0.2) is 0 Å². The Hall–Kier alpha value is -0.740. The minimum Gasteiger partial charge on any atom is -0.399 e. The smallest absolute Gasteiger partial charge is 0.0434 e. The monoisotopic (exact) mass is 304 g/mol. The van der Waals surface area contributed by atoms with Gasteiger partial charge in [-0.2, -0.15) is 0 Å². The molecule has 1 atom stereocenters. The van der Waals surface area contributed by atoms with Crippen molar-refractivity contribution in [2.24, 2.45) is 5.73 Å². The first-order valence-corrected chi connectivity index (χ1v) is 6.19. The zero-order valence-corrected chi connectivity index (χ0v) is 12.6. The third-order valence-corrected chi connectivity index (χ3v) is 3.88. The van der Waals surface area contributed by atoms with E-state index in [1.807, 2.05) is 24.3 Å². The first kappa shape index (κ1) is 17.3. The minimum atomic E-state index is 0. The molecule has 0 bridgehead atoms. The van der Waals surface area contributed by atoms with Crippen LogP contribution in [-0.4, -0.2) is 0 Å². The highest BCUT2D eigenvalue weighted by atomic mass is 35.5. The van der Waals surface area contributed by atoms with E-state index in [1.54, 1.807) is 11.3 Å². The van der Waals surface area contributed by atoms with Crippen LogP contribution >= 0.6 is 36.2 Å². The summed E-state index contributed by atoms with van der Waals surface area (Å²) in [4.78, 5) is 1.25. The second-order valence-corrected chi connectivity index (χ2v) is 4.92. The Kier molecular flexibility index (Phi) is 7.33. The maximum absolute atomic E-state index is 6.20. The predicted octanol–water partition coefficient (Wildman–Crippen LogP) is 3.72. The number of nitrogens with two attached hydrogens (primary N) is 2. The lowest BCUT2D eigenvalue weighted by molar-refractivity contribution is 0.733. The van der Waals surface area contributed by atoms with Crippen molar-refractivity contribution >= 4 is 41.8 Å². The van der Waals surface area contributed by atoms with E-state index in [0.29, 0.717) is 0 Å². The van der Waals surface area contributed by atoms with Gasteiger partial charge in [-0.1, -0.05) is 18.2 Å². The van der Waals surface area contributed by atoms with Gasteiger partial charge in [0.25, 0.3) is 0 Å². The highest BCUT2D eigenvalue weighted by molar-refractivity contribution is 7.10. The summed E-state index contributed by atoms with van der Waals surface area (Å²) in [5.74, 6) is 0. The molecule has 2 rings (SSSR count). The standard InChI is InChI=1S/C13H16N2S.2ClH/c1-9-6-7-16-13(9)12(15)8-10-4-2-3-5-11(10)14;;/h2-7,12H,8,14-15H2,1H3;2*1H. The molecule has 1 heterocycles. The molecule has 100 valence electrons. The molecule has 1 unspecified atom stereocenters. The number of anilines is 1. The number of para-hydroxylation sites is 1. The van der Waals surface area contributed by atoms with Crippen LogP contribution in [0.25, 0.3) is 0 Å². The number of aryl methyl sites for hydroxylation is 1. The van der Waals surface area contributed by atoms with Gasteiger partial charge in [0.1, 0.15) is 0 Å². The van der Waals surface area contributed by atoms with Gasteiger partial charge in [0.05, 0.1) is 0 Å². The molecule has 0 spiro atoms. The van der Waals surface area contributed by atoms with Gasteiger partial charge in [-0.3, -0.25) is 0 Å². The summed E-state index contributed by atoms with van der Waals surface area (Å²) in [5, 5.41) is 2.08. The topological polar surface area (TPSA) is 52.0 Å². The lowest BCUT2D eigenvalue weighted by Crippen LogP contribution is -2.13. The second kappa shape index (κ2) is 7.64. The first-order chi connectivity index (χ1) is 7.68. The molecule has 2 aromatic rings. The van der Waals surface area contributed by atoms with Crippen LogP contribution in [0, 0.1) is 6.92 Å². The summed E-state index contributed by atoms with van der Waals surface area (Å²) >= 11 is 1.72. The summed E-state index contributed by atoms with van der Waals surface area (Å²) in [7, 11) is 0. The first-order valence-electron chi connectivity index (χ1n) is 5.31. The van der Waals surface area contributed by atoms with Crippen molar-refractivity contribution in [3.05, 3.63) is 51.7 Å². The van der Waals surface area contributed by atoms with E-state index in [0.717, 1.165) is 17.7 Å². The number of hydrogen-bond donors (Lipinski definition) is 2. The molecule has 0 saturated heterocycles. The normalized spacial score (nSPS) is 11.2. The largest absolute Gasteiger partial charge is 0.399 e. The van der Waals surface area contributed by atoms with E-state index in [4.69, 9.17) is 11.5 Å². The Bertz CT molecular complexity index is 485. The van der Waals surface area contributed by atoms with Crippen LogP contribution in [0.2, 0.25) is 0 Å². The Balaban J connectivity index is 0.00000144. The number of thiophene rings is 1. The summed E-state index contributed by atoms with van der Waals surface area (Å²) in [5.41, 5.74) is 15.3. The number of rotatable bonds is 3. The van der Waals surface area contributed by atoms with Crippen molar-refractivity contribution < 1.29 is 0 Å². The number of benzene rings is 1. The van der Waals surface area contributed by atoms with E-state index in [9.17, 15) is 0 Å². The number of halogens is 2. The van der Waals surface area contributed by atoms with Crippen molar-refractivity contribution in [3.8, 4) is 0 Å². The van der Waals surface area contributed by atoms with Crippen LogP contribution in [0.3, 0.4) is 0 Å². The third-order valence-electron chi connectivity index (χ3n) is 2.73. The maximum atomic E-state index is 6.20. The molecule has 0 aliphatic rings. The van der Waals surface area contributed by atoms with E-state index in [2.05, 4.69) is 18.4 Å². The molecular weight excluding hydrogens is 287 g/mol. The van der Waals surface area contributed by atoms with Crippen LogP contribution < -0.4 is 11.5 Å². The van der Waals surface area contributed by atoms with Crippen molar-refractivity contribution in [1.29, 1.82) is 0 Å². The number of hydrogen-bond acceptors (Lipinski definition) is 3. The minimum absolute atomic E-state index is 0. The van der Waals surface area contributed by atoms with Crippen molar-refractivity contribution in [1.82, 2.24) is 0 Å². The van der Waals surface area contributed by atoms with Gasteiger partial charge in [-0.15, -0.1) is 36.2 Å². The Morgan fingerprint density at radius 3 is 2.39 bits per heavy atom. The molecule has 0 aliphatic carbocycles. The van der Waals surface area contributed by atoms with Crippen LogP contribution in [0.5, 0.6) is 0 Å². The fourth-order valence-electron chi connectivity index (χ4n) is 1.81. The molecule has 0 aliphatic heterocycles. The zero-order valence-electron chi connectivity index (χ0n) is 10.1. The van der Waals surface area contributed by atoms with Gasteiger partial charge in [0.2, 0.25) is 0 Å². The summed E-state index contributed by atoms with van der Waals surface area (Å²) in [6, 6.07) is 10.1. The second-order valence-electron chi connectivity index (χ2n) is 3.98. The highest BCUT2D eigenvalue weighted by Crippen LogP contribution is 2.26. The summed E-state index contributed by atoms with van der Waals surface area (Å²) in [6.07, 6.45) is 0.800. The molecule has 5 heteroatoms. The molecule has 0 radical (unpaired) electrons. The van der Waals surface area contributed by atoms with E-state index in [-0.39, 0.29) is 30.9 Å². The van der Waals surface area contributed by atoms with Crippen LogP contribution in [0.15, 0.2) is 35.7 Å². The molecule has 18 heavy (non-hydrogen) atoms. The van der Waals surface area contributed by atoms with Gasteiger partial charge in [0, 0.05) is 16.6 Å². The van der Waals surface area contributed by atoms with Crippen LogP contribution in [-0.2, 0) is 6.42 Å². The van der Waals surface area contributed by atoms with Gasteiger partial charge in [0.15, 0.2) is 0 Å². The predicted molar refractivity (Wildman–Crippen MR) is 85.0 cm³/mol. The number of nitrogen functional groups attached to an aromatic ring is 1. The van der Waals surface area contributed by atoms with E-state index in [1.165, 1.54) is 10.4 Å². The SMILES string of the molecule is Cc1ccsc1C(N)Cc1ccccc1N.Cl.Cl. The molecule has 1 aromatic heterocycles. The van der Waals surface area contributed by atoms with Crippen molar-refractivity contribution in [3.63, 3.8) is 0 Å². The Morgan fingerprint density at radius 2 is 1.83 bits per heavy atom. The molecule has 0 saturated carbocycles. The lowest BCUT2D eigenvalue weighted by atomic mass is 10.0. The molecule has 0 amide bonds. The van der Waals surface area contributed by atoms with Gasteiger partial charge in [-0.05, 0) is 42.0 Å². The molecule has 0 fully saturated rings. The zero-order chi connectivity index (χ0) is 11.5. The van der Waals surface area contributed by atoms with E-state index >= 15 is 0 Å². The van der Waals surface area contributed by atoms with Gasteiger partial charge < -0.3 is 11.5 Å². The summed E-state index contributed by atoms with van der Waals surface area (Å²) < 4.78 is 0.